The molecule has 0 fully saturated rings. The number of nitro groups is 1. The number of aliphatic imine (C=N–C) groups is 1. The summed E-state index contributed by atoms with van der Waals surface area (Å²) >= 11 is 11.7. The van der Waals surface area contributed by atoms with Crippen LogP contribution >= 0.6 is 23.2 Å². The molecule has 0 unspecified atom stereocenters. The van der Waals surface area contributed by atoms with Gasteiger partial charge in [0.1, 0.15) is 5.75 Å². The molecule has 0 aliphatic rings. The van der Waals surface area contributed by atoms with Gasteiger partial charge in [0.15, 0.2) is 0 Å². The molecule has 0 aromatic heterocycles. The van der Waals surface area contributed by atoms with Crippen LogP contribution in [0.25, 0.3) is 0 Å². The van der Waals surface area contributed by atoms with E-state index in [2.05, 4.69) is 4.99 Å². The molecule has 0 aliphatic heterocycles. The van der Waals surface area contributed by atoms with E-state index in [0.717, 1.165) is 6.07 Å². The quantitative estimate of drug-likeness (QED) is 0.482. The Hall–Kier alpha value is -2.31. The summed E-state index contributed by atoms with van der Waals surface area (Å²) in [5.41, 5.74) is -0.110. The number of nitrogens with zero attached hydrogens (tertiary/aromatic N) is 2. The van der Waals surface area contributed by atoms with Crippen molar-refractivity contribution in [1.82, 2.24) is 0 Å². The highest BCUT2D eigenvalue weighted by atomic mass is 35.5. The zero-order valence-electron chi connectivity index (χ0n) is 11.2. The number of halogens is 2. The van der Waals surface area contributed by atoms with Crippen molar-refractivity contribution in [3.05, 3.63) is 56.1 Å². The normalized spacial score (nSPS) is 10.9. The number of nitro benzene ring substituents is 1. The van der Waals surface area contributed by atoms with Gasteiger partial charge in [-0.25, -0.2) is 0 Å². The van der Waals surface area contributed by atoms with Gasteiger partial charge in [-0.05, 0) is 35.6 Å². The number of ether oxygens (including phenoxy) is 1. The molecule has 22 heavy (non-hydrogen) atoms. The summed E-state index contributed by atoms with van der Waals surface area (Å²) in [7, 11) is 1.49. The second kappa shape index (κ2) is 6.64. The third-order valence-electron chi connectivity index (χ3n) is 2.75. The number of hydrogen-bond acceptors (Lipinski definition) is 5. The van der Waals surface area contributed by atoms with Crippen LogP contribution in [-0.2, 0) is 0 Å². The molecule has 2 aromatic rings. The molecule has 0 amide bonds. The zero-order valence-corrected chi connectivity index (χ0v) is 12.8. The van der Waals surface area contributed by atoms with Crippen molar-refractivity contribution in [2.45, 2.75) is 0 Å². The molecule has 0 aliphatic carbocycles. The minimum atomic E-state index is -0.782. The molecule has 0 heterocycles. The van der Waals surface area contributed by atoms with Crippen LogP contribution in [-0.4, -0.2) is 18.2 Å². The van der Waals surface area contributed by atoms with Crippen LogP contribution in [0, 0.1) is 10.1 Å². The first-order chi connectivity index (χ1) is 10.4. The highest BCUT2D eigenvalue weighted by Crippen LogP contribution is 2.31. The molecular formula is C14H9Cl2N2O4-. The van der Waals surface area contributed by atoms with E-state index >= 15 is 0 Å². The monoisotopic (exact) mass is 339 g/mol. The van der Waals surface area contributed by atoms with Crippen LogP contribution in [0.5, 0.6) is 11.5 Å². The smallest absolute Gasteiger partial charge is 0.263 e. The van der Waals surface area contributed by atoms with Gasteiger partial charge in [-0.15, -0.1) is 0 Å². The lowest BCUT2D eigenvalue weighted by Gasteiger charge is -2.10. The Bertz CT molecular complexity index is 763. The van der Waals surface area contributed by atoms with Crippen molar-refractivity contribution in [3.63, 3.8) is 0 Å². The average Bonchev–Trinajstić information content (AvgIpc) is 2.47. The molecule has 0 atom stereocenters. The summed E-state index contributed by atoms with van der Waals surface area (Å²) in [5, 5.41) is 23.1. The van der Waals surface area contributed by atoms with Gasteiger partial charge in [-0.3, -0.25) is 15.1 Å². The maximum Gasteiger partial charge on any atom is 0.263 e. The lowest BCUT2D eigenvalue weighted by molar-refractivity contribution is -0.398. The number of methoxy groups -OCH3 is 1. The Morgan fingerprint density at radius 2 is 2.00 bits per heavy atom. The minimum absolute atomic E-state index is 0.0196. The van der Waals surface area contributed by atoms with Crippen molar-refractivity contribution in [1.29, 1.82) is 0 Å². The van der Waals surface area contributed by atoms with Gasteiger partial charge in [0, 0.05) is 17.3 Å². The predicted molar refractivity (Wildman–Crippen MR) is 82.8 cm³/mol. The van der Waals surface area contributed by atoms with Crippen LogP contribution in [0.15, 0.2) is 35.3 Å². The molecule has 0 N–H and O–H groups in total. The first-order valence-corrected chi connectivity index (χ1v) is 6.70. The molecule has 0 spiro atoms. The van der Waals surface area contributed by atoms with E-state index in [0.29, 0.717) is 16.5 Å². The average molecular weight is 340 g/mol. The van der Waals surface area contributed by atoms with E-state index in [4.69, 9.17) is 27.9 Å². The topological polar surface area (TPSA) is 87.8 Å². The molecule has 8 heteroatoms. The summed E-state index contributed by atoms with van der Waals surface area (Å²) in [6, 6.07) is 7.11. The van der Waals surface area contributed by atoms with Crippen molar-refractivity contribution in [3.8, 4) is 11.5 Å². The third kappa shape index (κ3) is 3.47. The van der Waals surface area contributed by atoms with Crippen LogP contribution in [0.4, 0.5) is 11.4 Å². The second-order valence-corrected chi connectivity index (χ2v) is 5.02. The Labute approximate surface area is 135 Å². The fraction of sp³-hybridized carbons (Fsp3) is 0.0714. The van der Waals surface area contributed by atoms with Crippen molar-refractivity contribution in [2.75, 3.05) is 7.11 Å². The lowest BCUT2D eigenvalue weighted by atomic mass is 10.2. The van der Waals surface area contributed by atoms with Crippen molar-refractivity contribution in [2.24, 2.45) is 4.99 Å². The second-order valence-electron chi connectivity index (χ2n) is 4.18. The van der Waals surface area contributed by atoms with Crippen LogP contribution in [0.3, 0.4) is 0 Å². The van der Waals surface area contributed by atoms with Crippen molar-refractivity contribution >= 4 is 40.8 Å². The van der Waals surface area contributed by atoms with Crippen molar-refractivity contribution < 1.29 is 14.8 Å². The van der Waals surface area contributed by atoms with E-state index in [9.17, 15) is 15.2 Å². The lowest BCUT2D eigenvalue weighted by Crippen LogP contribution is -2.02. The molecule has 2 rings (SSSR count). The number of rotatable bonds is 4. The first-order valence-electron chi connectivity index (χ1n) is 5.95. The molecule has 114 valence electrons. The van der Waals surface area contributed by atoms with Gasteiger partial charge >= 0.3 is 0 Å². The van der Waals surface area contributed by atoms with Gasteiger partial charge in [0.25, 0.3) is 5.69 Å². The molecular weight excluding hydrogens is 331 g/mol. The highest BCUT2D eigenvalue weighted by Gasteiger charge is 2.11. The Kier molecular flexibility index (Phi) is 4.85. The number of benzene rings is 2. The van der Waals surface area contributed by atoms with E-state index < -0.39 is 16.4 Å². The maximum absolute atomic E-state index is 11.9. The molecule has 2 aromatic carbocycles. The van der Waals surface area contributed by atoms with Crippen LogP contribution < -0.4 is 9.84 Å². The van der Waals surface area contributed by atoms with Gasteiger partial charge in [-0.1, -0.05) is 23.2 Å². The van der Waals surface area contributed by atoms with Gasteiger partial charge in [0.2, 0.25) is 0 Å². The van der Waals surface area contributed by atoms with E-state index in [1.807, 2.05) is 0 Å². The number of hydrogen-bond donors (Lipinski definition) is 0. The summed E-state index contributed by atoms with van der Waals surface area (Å²) in [6.07, 6.45) is 1.21. The SMILES string of the molecule is COc1ccc(N=Cc2cc(Cl)cc([N+](=O)[O-])c2[O-])cc1Cl. The molecule has 0 saturated carbocycles. The summed E-state index contributed by atoms with van der Waals surface area (Å²) in [4.78, 5) is 14.1. The molecule has 0 radical (unpaired) electrons. The van der Waals surface area contributed by atoms with E-state index in [1.54, 1.807) is 18.2 Å². The highest BCUT2D eigenvalue weighted by molar-refractivity contribution is 6.32. The third-order valence-corrected chi connectivity index (χ3v) is 3.26. The predicted octanol–water partition coefficient (Wildman–Crippen LogP) is 3.73. The minimum Gasteiger partial charge on any atom is -0.867 e. The first kappa shape index (κ1) is 16.1. The fourth-order valence-corrected chi connectivity index (χ4v) is 2.18. The van der Waals surface area contributed by atoms with Gasteiger partial charge in [0.05, 0.1) is 22.7 Å². The largest absolute Gasteiger partial charge is 0.867 e. The standard InChI is InChI=1S/C14H10Cl2N2O4/c1-22-13-3-2-10(6-11(13)16)17-7-8-4-9(15)5-12(14(8)19)18(20)21/h2-7,19H,1H3/p-1. The Morgan fingerprint density at radius 3 is 2.59 bits per heavy atom. The summed E-state index contributed by atoms with van der Waals surface area (Å²) < 4.78 is 5.01. The summed E-state index contributed by atoms with van der Waals surface area (Å²) in [6.45, 7) is 0. The zero-order chi connectivity index (χ0) is 16.3. The van der Waals surface area contributed by atoms with Crippen LogP contribution in [0.2, 0.25) is 10.0 Å². The Morgan fingerprint density at radius 1 is 1.27 bits per heavy atom. The fourth-order valence-electron chi connectivity index (χ4n) is 1.71. The van der Waals surface area contributed by atoms with E-state index in [1.165, 1.54) is 19.4 Å². The van der Waals surface area contributed by atoms with Gasteiger partial charge in [-0.2, -0.15) is 0 Å². The van der Waals surface area contributed by atoms with Gasteiger partial charge < -0.3 is 9.84 Å². The maximum atomic E-state index is 11.9. The molecule has 0 bridgehead atoms. The van der Waals surface area contributed by atoms with Crippen LogP contribution in [0.1, 0.15) is 5.56 Å². The Balaban J connectivity index is 2.38. The summed E-state index contributed by atoms with van der Waals surface area (Å²) in [5.74, 6) is -0.263. The molecule has 0 saturated heterocycles. The molecule has 6 nitrogen and oxygen atoms in total. The van der Waals surface area contributed by atoms with E-state index in [-0.39, 0.29) is 10.6 Å².